The van der Waals surface area contributed by atoms with Gasteiger partial charge in [-0.25, -0.2) is 4.39 Å². The van der Waals surface area contributed by atoms with E-state index in [9.17, 15) is 9.18 Å². The SMILES string of the molecule is Cc1cccc(Cn2c(C)c(N3CCOCC3)c(C)c2C(=O)NCc2ccc(F)cc2)c1. The number of ether oxygens (including phenoxy) is 1. The fourth-order valence-corrected chi connectivity index (χ4v) is 4.49. The smallest absolute Gasteiger partial charge is 0.268 e. The third-order valence-electron chi connectivity index (χ3n) is 6.06. The van der Waals surface area contributed by atoms with Gasteiger partial charge in [-0.3, -0.25) is 4.79 Å². The maximum Gasteiger partial charge on any atom is 0.268 e. The summed E-state index contributed by atoms with van der Waals surface area (Å²) >= 11 is 0. The average molecular weight is 436 g/mol. The third-order valence-corrected chi connectivity index (χ3v) is 6.06. The van der Waals surface area contributed by atoms with E-state index in [0.717, 1.165) is 41.2 Å². The Balaban J connectivity index is 1.67. The zero-order chi connectivity index (χ0) is 22.7. The van der Waals surface area contributed by atoms with Gasteiger partial charge < -0.3 is 19.5 Å². The van der Waals surface area contributed by atoms with Gasteiger partial charge in [0.25, 0.3) is 5.91 Å². The lowest BCUT2D eigenvalue weighted by Crippen LogP contribution is -2.36. The topological polar surface area (TPSA) is 46.5 Å². The standard InChI is InChI=1S/C26H30FN3O2/c1-18-5-4-6-22(15-18)17-30-20(3)24(29-11-13-32-14-12-29)19(2)25(30)26(31)28-16-21-7-9-23(27)10-8-21/h4-10,15H,11-14,16-17H2,1-3H3,(H,28,31). The molecule has 1 aromatic heterocycles. The van der Waals surface area contributed by atoms with Crippen LogP contribution in [-0.4, -0.2) is 36.8 Å². The molecule has 6 heteroatoms. The van der Waals surface area contributed by atoms with Crippen molar-refractivity contribution >= 4 is 11.6 Å². The van der Waals surface area contributed by atoms with Crippen molar-refractivity contribution in [2.45, 2.75) is 33.9 Å². The molecule has 0 aliphatic carbocycles. The van der Waals surface area contributed by atoms with Gasteiger partial charge in [0.15, 0.2) is 0 Å². The lowest BCUT2D eigenvalue weighted by Gasteiger charge is -2.29. The minimum Gasteiger partial charge on any atom is -0.378 e. The van der Waals surface area contributed by atoms with Gasteiger partial charge in [0.1, 0.15) is 11.5 Å². The Morgan fingerprint density at radius 2 is 1.75 bits per heavy atom. The van der Waals surface area contributed by atoms with Gasteiger partial charge in [-0.1, -0.05) is 42.0 Å². The average Bonchev–Trinajstić information content (AvgIpc) is 3.03. The predicted molar refractivity (Wildman–Crippen MR) is 125 cm³/mol. The lowest BCUT2D eigenvalue weighted by atomic mass is 10.1. The lowest BCUT2D eigenvalue weighted by molar-refractivity contribution is 0.0941. The molecular formula is C26H30FN3O2. The normalized spacial score (nSPS) is 13.9. The summed E-state index contributed by atoms with van der Waals surface area (Å²) in [5.41, 5.74) is 7.07. The number of anilines is 1. The van der Waals surface area contributed by atoms with Crippen LogP contribution in [0.15, 0.2) is 48.5 Å². The molecule has 1 N–H and O–H groups in total. The van der Waals surface area contributed by atoms with Crippen LogP contribution in [0.1, 0.15) is 38.4 Å². The van der Waals surface area contributed by atoms with Gasteiger partial charge in [-0.05, 0) is 44.0 Å². The maximum atomic E-state index is 13.4. The van der Waals surface area contributed by atoms with Gasteiger partial charge >= 0.3 is 0 Å². The number of benzene rings is 2. The summed E-state index contributed by atoms with van der Waals surface area (Å²) in [6.45, 7) is 10.2. The van der Waals surface area contributed by atoms with Crippen molar-refractivity contribution < 1.29 is 13.9 Å². The second-order valence-electron chi connectivity index (χ2n) is 8.39. The van der Waals surface area contributed by atoms with Crippen LogP contribution in [0.3, 0.4) is 0 Å². The molecule has 0 radical (unpaired) electrons. The summed E-state index contributed by atoms with van der Waals surface area (Å²) < 4.78 is 20.9. The highest BCUT2D eigenvalue weighted by Gasteiger charge is 2.26. The van der Waals surface area contributed by atoms with Crippen molar-refractivity contribution in [1.29, 1.82) is 0 Å². The Labute approximate surface area is 188 Å². The van der Waals surface area contributed by atoms with Crippen LogP contribution in [0.5, 0.6) is 0 Å². The molecule has 0 unspecified atom stereocenters. The minimum absolute atomic E-state index is 0.123. The van der Waals surface area contributed by atoms with Gasteiger partial charge in [0.05, 0.1) is 18.9 Å². The number of halogens is 1. The number of aromatic nitrogens is 1. The summed E-state index contributed by atoms with van der Waals surface area (Å²) in [4.78, 5) is 15.7. The Hall–Kier alpha value is -3.12. The molecule has 32 heavy (non-hydrogen) atoms. The fourth-order valence-electron chi connectivity index (χ4n) is 4.49. The number of nitrogens with zero attached hydrogens (tertiary/aromatic N) is 2. The number of hydrogen-bond acceptors (Lipinski definition) is 3. The molecule has 1 aliphatic rings. The molecule has 2 aromatic carbocycles. The van der Waals surface area contributed by atoms with Crippen LogP contribution in [0.4, 0.5) is 10.1 Å². The molecule has 168 valence electrons. The molecule has 0 spiro atoms. The summed E-state index contributed by atoms with van der Waals surface area (Å²) in [7, 11) is 0. The second kappa shape index (κ2) is 9.57. The van der Waals surface area contributed by atoms with E-state index in [4.69, 9.17) is 4.74 Å². The van der Waals surface area contributed by atoms with Crippen LogP contribution in [0.2, 0.25) is 0 Å². The van der Waals surface area contributed by atoms with Crippen LogP contribution in [-0.2, 0) is 17.8 Å². The largest absolute Gasteiger partial charge is 0.378 e. The number of aryl methyl sites for hydroxylation is 1. The molecule has 1 fully saturated rings. The number of nitrogens with one attached hydrogen (secondary N) is 1. The van der Waals surface area contributed by atoms with Gasteiger partial charge in [0, 0.05) is 37.4 Å². The van der Waals surface area contributed by atoms with E-state index in [1.807, 2.05) is 13.0 Å². The first-order valence-corrected chi connectivity index (χ1v) is 11.0. The van der Waals surface area contributed by atoms with Crippen LogP contribution >= 0.6 is 0 Å². The van der Waals surface area contributed by atoms with Crippen LogP contribution in [0.25, 0.3) is 0 Å². The second-order valence-corrected chi connectivity index (χ2v) is 8.39. The molecule has 1 aliphatic heterocycles. The molecule has 5 nitrogen and oxygen atoms in total. The fraction of sp³-hybridized carbons (Fsp3) is 0.346. The first kappa shape index (κ1) is 22.1. The quantitative estimate of drug-likeness (QED) is 0.626. The number of carbonyl (C=O) groups excluding carboxylic acids is 1. The van der Waals surface area contributed by atoms with E-state index in [0.29, 0.717) is 32.0 Å². The highest BCUT2D eigenvalue weighted by molar-refractivity contribution is 5.96. The van der Waals surface area contributed by atoms with Gasteiger partial charge in [-0.15, -0.1) is 0 Å². The van der Waals surface area contributed by atoms with Crippen molar-refractivity contribution in [2.24, 2.45) is 0 Å². The third kappa shape index (κ3) is 4.70. The van der Waals surface area contributed by atoms with Crippen molar-refractivity contribution in [2.75, 3.05) is 31.2 Å². The minimum atomic E-state index is -0.284. The molecule has 4 rings (SSSR count). The van der Waals surface area contributed by atoms with Gasteiger partial charge in [-0.2, -0.15) is 0 Å². The van der Waals surface area contributed by atoms with Gasteiger partial charge in [0.2, 0.25) is 0 Å². The monoisotopic (exact) mass is 435 g/mol. The number of rotatable bonds is 6. The Kier molecular flexibility index (Phi) is 6.61. The Morgan fingerprint density at radius 1 is 1.03 bits per heavy atom. The summed E-state index contributed by atoms with van der Waals surface area (Å²) in [5, 5.41) is 3.03. The Bertz CT molecular complexity index is 1100. The first-order valence-electron chi connectivity index (χ1n) is 11.0. The number of morpholine rings is 1. The maximum absolute atomic E-state index is 13.4. The van der Waals surface area contributed by atoms with E-state index >= 15 is 0 Å². The molecule has 0 bridgehead atoms. The zero-order valence-electron chi connectivity index (χ0n) is 19.0. The predicted octanol–water partition coefficient (Wildman–Crippen LogP) is 4.37. The van der Waals surface area contributed by atoms with E-state index < -0.39 is 0 Å². The van der Waals surface area contributed by atoms with E-state index in [2.05, 4.69) is 46.8 Å². The van der Waals surface area contributed by atoms with Crippen molar-refractivity contribution in [3.63, 3.8) is 0 Å². The van der Waals surface area contributed by atoms with Crippen molar-refractivity contribution in [1.82, 2.24) is 9.88 Å². The molecule has 1 saturated heterocycles. The summed E-state index contributed by atoms with van der Waals surface area (Å²) in [6, 6.07) is 14.6. The van der Waals surface area contributed by atoms with Crippen LogP contribution < -0.4 is 10.2 Å². The number of amides is 1. The zero-order valence-corrected chi connectivity index (χ0v) is 19.0. The number of hydrogen-bond donors (Lipinski definition) is 1. The molecule has 0 atom stereocenters. The highest BCUT2D eigenvalue weighted by Crippen LogP contribution is 2.32. The molecule has 2 heterocycles. The van der Waals surface area contributed by atoms with E-state index in [-0.39, 0.29) is 11.7 Å². The molecule has 0 saturated carbocycles. The Morgan fingerprint density at radius 3 is 2.44 bits per heavy atom. The van der Waals surface area contributed by atoms with Crippen molar-refractivity contribution in [3.05, 3.63) is 88.0 Å². The summed E-state index contributed by atoms with van der Waals surface area (Å²) in [5.74, 6) is -0.407. The molecular weight excluding hydrogens is 405 g/mol. The number of carbonyl (C=O) groups is 1. The van der Waals surface area contributed by atoms with Crippen molar-refractivity contribution in [3.8, 4) is 0 Å². The first-order chi connectivity index (χ1) is 15.4. The van der Waals surface area contributed by atoms with E-state index in [1.54, 1.807) is 12.1 Å². The molecule has 3 aromatic rings. The van der Waals surface area contributed by atoms with Crippen LogP contribution in [0, 0.1) is 26.6 Å². The molecule has 1 amide bonds. The highest BCUT2D eigenvalue weighted by atomic mass is 19.1. The van der Waals surface area contributed by atoms with E-state index in [1.165, 1.54) is 17.7 Å². The summed E-state index contributed by atoms with van der Waals surface area (Å²) in [6.07, 6.45) is 0.